The first-order valence-corrected chi connectivity index (χ1v) is 5.84. The molecule has 3 atom stereocenters. The largest absolute Gasteiger partial charge is 0.436 e. The lowest BCUT2D eigenvalue weighted by molar-refractivity contribution is -0.174. The minimum atomic E-state index is -0.493. The Morgan fingerprint density at radius 3 is 2.24 bits per heavy atom. The van der Waals surface area contributed by atoms with Gasteiger partial charge in [-0.2, -0.15) is 0 Å². The maximum atomic E-state index is 11.8. The lowest BCUT2D eigenvalue weighted by Crippen LogP contribution is -2.25. The first-order chi connectivity index (χ1) is 8.06. The average molecular weight is 236 g/mol. The molecule has 0 aliphatic heterocycles. The number of carbonyl (C=O) groups is 1. The molecule has 3 unspecified atom stereocenters. The number of methoxy groups -OCH3 is 1. The summed E-state index contributed by atoms with van der Waals surface area (Å²) in [5.74, 6) is -0.279. The molecule has 0 bridgehead atoms. The third kappa shape index (κ3) is 3.86. The fourth-order valence-corrected chi connectivity index (χ4v) is 1.57. The third-order valence-electron chi connectivity index (χ3n) is 3.06. The second kappa shape index (κ2) is 6.40. The Morgan fingerprint density at radius 1 is 1.12 bits per heavy atom. The zero-order valence-electron chi connectivity index (χ0n) is 10.8. The van der Waals surface area contributed by atoms with Crippen LogP contribution in [0.5, 0.6) is 0 Å². The van der Waals surface area contributed by atoms with E-state index in [1.54, 1.807) is 6.92 Å². The zero-order valence-corrected chi connectivity index (χ0v) is 10.8. The summed E-state index contributed by atoms with van der Waals surface area (Å²) in [5, 5.41) is 0. The summed E-state index contributed by atoms with van der Waals surface area (Å²) in [5.41, 5.74) is 1.14. The monoisotopic (exact) mass is 236 g/mol. The van der Waals surface area contributed by atoms with Gasteiger partial charge in [-0.15, -0.1) is 0 Å². The van der Waals surface area contributed by atoms with Gasteiger partial charge in [-0.25, -0.2) is 0 Å². The number of hydrogen-bond acceptors (Lipinski definition) is 3. The Kier molecular flexibility index (Phi) is 5.16. The molecule has 3 heteroatoms. The summed E-state index contributed by atoms with van der Waals surface area (Å²) in [7, 11) is 1.52. The Labute approximate surface area is 103 Å². The molecule has 17 heavy (non-hydrogen) atoms. The van der Waals surface area contributed by atoms with Crippen LogP contribution in [0.2, 0.25) is 0 Å². The SMILES string of the molecule is COC(C)OC(=O)C(C)C(C)c1ccccc1. The predicted octanol–water partition coefficient (Wildman–Crippen LogP) is 2.96. The quantitative estimate of drug-likeness (QED) is 0.582. The highest BCUT2D eigenvalue weighted by molar-refractivity contribution is 5.73. The molecule has 0 aliphatic rings. The molecule has 94 valence electrons. The summed E-state index contributed by atoms with van der Waals surface area (Å²) in [6, 6.07) is 9.96. The second-order valence-corrected chi connectivity index (χ2v) is 4.23. The van der Waals surface area contributed by atoms with Crippen LogP contribution in [-0.4, -0.2) is 19.4 Å². The Balaban J connectivity index is 2.63. The van der Waals surface area contributed by atoms with Gasteiger partial charge in [0.05, 0.1) is 5.92 Å². The van der Waals surface area contributed by atoms with Crippen molar-refractivity contribution >= 4 is 5.97 Å². The van der Waals surface area contributed by atoms with Crippen LogP contribution in [0, 0.1) is 5.92 Å². The number of esters is 1. The minimum Gasteiger partial charge on any atom is -0.436 e. The van der Waals surface area contributed by atoms with Crippen molar-refractivity contribution in [1.29, 1.82) is 0 Å². The van der Waals surface area contributed by atoms with Gasteiger partial charge in [-0.1, -0.05) is 44.2 Å². The standard InChI is InChI=1S/C14H20O3/c1-10(13-8-6-5-7-9-13)11(2)14(15)17-12(3)16-4/h5-12H,1-4H3. The van der Waals surface area contributed by atoms with Crippen molar-refractivity contribution < 1.29 is 14.3 Å². The van der Waals surface area contributed by atoms with E-state index in [1.807, 2.05) is 44.2 Å². The molecule has 0 saturated carbocycles. The fraction of sp³-hybridized carbons (Fsp3) is 0.500. The van der Waals surface area contributed by atoms with Crippen LogP contribution in [0.25, 0.3) is 0 Å². The predicted molar refractivity (Wildman–Crippen MR) is 66.6 cm³/mol. The van der Waals surface area contributed by atoms with Gasteiger partial charge in [0.1, 0.15) is 0 Å². The molecular formula is C14H20O3. The molecule has 0 spiro atoms. The smallest absolute Gasteiger partial charge is 0.311 e. The summed E-state index contributed by atoms with van der Waals surface area (Å²) in [6.45, 7) is 5.61. The second-order valence-electron chi connectivity index (χ2n) is 4.23. The summed E-state index contributed by atoms with van der Waals surface area (Å²) in [6.07, 6.45) is -0.493. The average Bonchev–Trinajstić information content (AvgIpc) is 2.37. The van der Waals surface area contributed by atoms with Crippen molar-refractivity contribution in [3.05, 3.63) is 35.9 Å². The highest BCUT2D eigenvalue weighted by Crippen LogP contribution is 2.25. The molecule has 1 rings (SSSR count). The van der Waals surface area contributed by atoms with Crippen LogP contribution < -0.4 is 0 Å². The molecule has 0 fully saturated rings. The van der Waals surface area contributed by atoms with Crippen molar-refractivity contribution in [2.75, 3.05) is 7.11 Å². The van der Waals surface area contributed by atoms with Crippen LogP contribution in [0.15, 0.2) is 30.3 Å². The van der Waals surface area contributed by atoms with E-state index in [1.165, 1.54) is 7.11 Å². The van der Waals surface area contributed by atoms with Crippen LogP contribution in [0.3, 0.4) is 0 Å². The number of carbonyl (C=O) groups excluding carboxylic acids is 1. The van der Waals surface area contributed by atoms with Crippen LogP contribution in [-0.2, 0) is 14.3 Å². The van der Waals surface area contributed by atoms with E-state index in [4.69, 9.17) is 9.47 Å². The van der Waals surface area contributed by atoms with E-state index in [0.717, 1.165) is 5.56 Å². The number of ether oxygens (including phenoxy) is 2. The highest BCUT2D eigenvalue weighted by atomic mass is 16.7. The van der Waals surface area contributed by atoms with Gasteiger partial charge in [0.25, 0.3) is 0 Å². The van der Waals surface area contributed by atoms with E-state index in [2.05, 4.69) is 0 Å². The topological polar surface area (TPSA) is 35.5 Å². The van der Waals surface area contributed by atoms with Crippen molar-refractivity contribution in [3.63, 3.8) is 0 Å². The zero-order chi connectivity index (χ0) is 12.8. The van der Waals surface area contributed by atoms with Gasteiger partial charge in [0.2, 0.25) is 0 Å². The lowest BCUT2D eigenvalue weighted by atomic mass is 9.89. The van der Waals surface area contributed by atoms with Gasteiger partial charge in [0.15, 0.2) is 6.29 Å². The van der Waals surface area contributed by atoms with Crippen LogP contribution in [0.1, 0.15) is 32.3 Å². The van der Waals surface area contributed by atoms with E-state index in [0.29, 0.717) is 0 Å². The molecule has 1 aromatic carbocycles. The Morgan fingerprint density at radius 2 is 1.71 bits per heavy atom. The van der Waals surface area contributed by atoms with Gasteiger partial charge in [-0.05, 0) is 18.4 Å². The molecule has 0 aromatic heterocycles. The number of hydrogen-bond donors (Lipinski definition) is 0. The lowest BCUT2D eigenvalue weighted by Gasteiger charge is -2.21. The van der Waals surface area contributed by atoms with Crippen LogP contribution >= 0.6 is 0 Å². The van der Waals surface area contributed by atoms with Gasteiger partial charge in [0, 0.05) is 7.11 Å². The first-order valence-electron chi connectivity index (χ1n) is 5.84. The highest BCUT2D eigenvalue weighted by Gasteiger charge is 2.24. The molecule has 1 aromatic rings. The minimum absolute atomic E-state index is 0.132. The van der Waals surface area contributed by atoms with Gasteiger partial charge in [-0.3, -0.25) is 4.79 Å². The number of benzene rings is 1. The van der Waals surface area contributed by atoms with Crippen molar-refractivity contribution in [3.8, 4) is 0 Å². The number of rotatable bonds is 5. The normalized spacial score (nSPS) is 16.0. The fourth-order valence-electron chi connectivity index (χ4n) is 1.57. The maximum Gasteiger partial charge on any atom is 0.311 e. The molecule has 0 heterocycles. The van der Waals surface area contributed by atoms with E-state index >= 15 is 0 Å². The van der Waals surface area contributed by atoms with Gasteiger partial charge < -0.3 is 9.47 Å². The molecule has 0 radical (unpaired) electrons. The summed E-state index contributed by atoms with van der Waals surface area (Å²) < 4.78 is 10.1. The van der Waals surface area contributed by atoms with Crippen molar-refractivity contribution in [2.45, 2.75) is 33.0 Å². The Hall–Kier alpha value is -1.35. The van der Waals surface area contributed by atoms with E-state index in [9.17, 15) is 4.79 Å². The molecule has 0 saturated heterocycles. The molecule has 0 amide bonds. The molecule has 3 nitrogen and oxygen atoms in total. The third-order valence-corrected chi connectivity index (χ3v) is 3.06. The molecule has 0 aliphatic carbocycles. The summed E-state index contributed by atoms with van der Waals surface area (Å²) in [4.78, 5) is 11.8. The van der Waals surface area contributed by atoms with Crippen molar-refractivity contribution in [1.82, 2.24) is 0 Å². The molecule has 0 N–H and O–H groups in total. The van der Waals surface area contributed by atoms with Crippen molar-refractivity contribution in [2.24, 2.45) is 5.92 Å². The van der Waals surface area contributed by atoms with Gasteiger partial charge >= 0.3 is 5.97 Å². The molecular weight excluding hydrogens is 216 g/mol. The maximum absolute atomic E-state index is 11.8. The first kappa shape index (κ1) is 13.7. The van der Waals surface area contributed by atoms with Crippen LogP contribution in [0.4, 0.5) is 0 Å². The Bertz CT molecular complexity index is 348. The van der Waals surface area contributed by atoms with E-state index in [-0.39, 0.29) is 17.8 Å². The van der Waals surface area contributed by atoms with E-state index < -0.39 is 6.29 Å². The summed E-state index contributed by atoms with van der Waals surface area (Å²) >= 11 is 0.